The summed E-state index contributed by atoms with van der Waals surface area (Å²) < 4.78 is 15.8. The fourth-order valence-electron chi connectivity index (χ4n) is 4.14. The minimum atomic E-state index is -0.499. The molecular weight excluding hydrogens is 397 g/mol. The van der Waals surface area contributed by atoms with Crippen molar-refractivity contribution in [1.82, 2.24) is 24.7 Å². The summed E-state index contributed by atoms with van der Waals surface area (Å²) >= 11 is 0. The maximum atomic E-state index is 14.2. The summed E-state index contributed by atoms with van der Waals surface area (Å²) in [6, 6.07) is 1.97. The largest absolute Gasteiger partial charge is 0.355 e. The molecule has 3 aromatic rings. The summed E-state index contributed by atoms with van der Waals surface area (Å²) in [6.45, 7) is 6.96. The number of amides is 1. The van der Waals surface area contributed by atoms with Crippen molar-refractivity contribution in [3.8, 4) is 0 Å². The fraction of sp³-hybridized carbons (Fsp3) is 0.455. The highest BCUT2D eigenvalue weighted by Crippen LogP contribution is 2.27. The van der Waals surface area contributed by atoms with Crippen LogP contribution in [-0.2, 0) is 0 Å². The number of fused-ring (bicyclic) bond motifs is 1. The number of imidazole rings is 1. The van der Waals surface area contributed by atoms with Crippen LogP contribution in [0.3, 0.4) is 0 Å². The maximum absolute atomic E-state index is 14.2. The van der Waals surface area contributed by atoms with Crippen molar-refractivity contribution in [2.75, 3.05) is 29.9 Å². The second-order valence-corrected chi connectivity index (χ2v) is 8.73. The van der Waals surface area contributed by atoms with Crippen molar-refractivity contribution < 1.29 is 9.18 Å². The lowest BCUT2D eigenvalue weighted by molar-refractivity contribution is 0.102. The Morgan fingerprint density at radius 1 is 1.23 bits per heavy atom. The van der Waals surface area contributed by atoms with E-state index in [1.165, 1.54) is 25.1 Å². The zero-order valence-corrected chi connectivity index (χ0v) is 17.7. The first kappa shape index (κ1) is 19.9. The van der Waals surface area contributed by atoms with Crippen molar-refractivity contribution in [3.63, 3.8) is 0 Å². The number of aromatic nitrogens is 4. The highest BCUT2D eigenvalue weighted by atomic mass is 19.1. The lowest BCUT2D eigenvalue weighted by Crippen LogP contribution is -2.29. The Morgan fingerprint density at radius 3 is 2.81 bits per heavy atom. The van der Waals surface area contributed by atoms with Crippen LogP contribution in [0.2, 0.25) is 0 Å². The van der Waals surface area contributed by atoms with Gasteiger partial charge in [0.05, 0.1) is 23.8 Å². The van der Waals surface area contributed by atoms with Gasteiger partial charge in [0.25, 0.3) is 5.91 Å². The van der Waals surface area contributed by atoms with E-state index in [0.29, 0.717) is 29.3 Å². The minimum Gasteiger partial charge on any atom is -0.355 e. The second-order valence-electron chi connectivity index (χ2n) is 8.73. The summed E-state index contributed by atoms with van der Waals surface area (Å²) in [5, 5.41) is 6.30. The molecule has 0 aromatic carbocycles. The molecule has 31 heavy (non-hydrogen) atoms. The SMILES string of the molecule is Cc1cn2cc(NC(=O)c3cnc(N4C[C@@H](CNC5CC5)[C@H](C)C4)cn3)cc(F)c2n1. The number of nitrogens with one attached hydrogen (secondary N) is 2. The van der Waals surface area contributed by atoms with Crippen LogP contribution in [0.25, 0.3) is 5.65 Å². The molecule has 1 aliphatic heterocycles. The molecule has 0 bridgehead atoms. The van der Waals surface area contributed by atoms with Crippen molar-refractivity contribution in [2.24, 2.45) is 11.8 Å². The van der Waals surface area contributed by atoms with Gasteiger partial charge in [0, 0.05) is 44.1 Å². The van der Waals surface area contributed by atoms with Crippen molar-refractivity contribution in [1.29, 1.82) is 0 Å². The Labute approximate surface area is 179 Å². The average Bonchev–Trinajstić information content (AvgIpc) is 3.39. The first-order valence-electron chi connectivity index (χ1n) is 10.7. The number of carbonyl (C=O) groups is 1. The van der Waals surface area contributed by atoms with Crippen LogP contribution in [0.4, 0.5) is 15.9 Å². The molecule has 0 spiro atoms. The third kappa shape index (κ3) is 4.23. The second kappa shape index (κ2) is 7.88. The van der Waals surface area contributed by atoms with E-state index in [9.17, 15) is 9.18 Å². The molecule has 1 aliphatic carbocycles. The topological polar surface area (TPSA) is 87.5 Å². The van der Waals surface area contributed by atoms with Crippen LogP contribution >= 0.6 is 0 Å². The summed E-state index contributed by atoms with van der Waals surface area (Å²) in [7, 11) is 0. The van der Waals surface area contributed by atoms with Gasteiger partial charge in [-0.2, -0.15) is 0 Å². The highest BCUT2D eigenvalue weighted by molar-refractivity contribution is 6.02. The monoisotopic (exact) mass is 423 g/mol. The lowest BCUT2D eigenvalue weighted by atomic mass is 9.98. The molecule has 2 fully saturated rings. The molecule has 0 radical (unpaired) electrons. The molecular formula is C22H26FN7O. The van der Waals surface area contributed by atoms with Gasteiger partial charge < -0.3 is 19.9 Å². The number of aryl methyl sites for hydroxylation is 1. The summed E-state index contributed by atoms with van der Waals surface area (Å²) in [5.41, 5.74) is 1.44. The van der Waals surface area contributed by atoms with Gasteiger partial charge in [0.1, 0.15) is 11.5 Å². The van der Waals surface area contributed by atoms with E-state index in [1.54, 1.807) is 29.9 Å². The van der Waals surface area contributed by atoms with Gasteiger partial charge in [-0.05, 0) is 31.6 Å². The van der Waals surface area contributed by atoms with Crippen molar-refractivity contribution in [3.05, 3.63) is 48.1 Å². The highest BCUT2D eigenvalue weighted by Gasteiger charge is 2.32. The number of pyridine rings is 1. The Kier molecular flexibility index (Phi) is 5.05. The van der Waals surface area contributed by atoms with E-state index < -0.39 is 11.7 Å². The van der Waals surface area contributed by atoms with Gasteiger partial charge in [0.2, 0.25) is 0 Å². The number of hydrogen-bond donors (Lipinski definition) is 2. The van der Waals surface area contributed by atoms with E-state index >= 15 is 0 Å². The molecule has 3 aromatic heterocycles. The van der Waals surface area contributed by atoms with Gasteiger partial charge in [-0.1, -0.05) is 6.92 Å². The van der Waals surface area contributed by atoms with E-state index in [4.69, 9.17) is 0 Å². The summed E-state index contributed by atoms with van der Waals surface area (Å²) in [5.74, 6) is 1.01. The van der Waals surface area contributed by atoms with Crippen LogP contribution in [0.5, 0.6) is 0 Å². The Morgan fingerprint density at radius 2 is 2.06 bits per heavy atom. The number of hydrogen-bond acceptors (Lipinski definition) is 6. The first-order valence-corrected chi connectivity index (χ1v) is 10.7. The summed E-state index contributed by atoms with van der Waals surface area (Å²) in [6.07, 6.45) is 9.03. The molecule has 1 amide bonds. The zero-order chi connectivity index (χ0) is 21.5. The molecule has 162 valence electrons. The number of halogens is 1. The van der Waals surface area contributed by atoms with E-state index in [-0.39, 0.29) is 11.3 Å². The first-order chi connectivity index (χ1) is 15.0. The van der Waals surface area contributed by atoms with E-state index in [2.05, 4.69) is 37.4 Å². The van der Waals surface area contributed by atoms with Crippen LogP contribution < -0.4 is 15.5 Å². The molecule has 8 nitrogen and oxygen atoms in total. The molecule has 4 heterocycles. The molecule has 1 saturated carbocycles. The fourth-order valence-corrected chi connectivity index (χ4v) is 4.14. The molecule has 1 saturated heterocycles. The Hall–Kier alpha value is -3.07. The molecule has 5 rings (SSSR count). The molecule has 2 atom stereocenters. The van der Waals surface area contributed by atoms with Gasteiger partial charge in [-0.3, -0.25) is 4.79 Å². The summed E-state index contributed by atoms with van der Waals surface area (Å²) in [4.78, 5) is 27.7. The molecule has 9 heteroatoms. The molecule has 0 unspecified atom stereocenters. The van der Waals surface area contributed by atoms with Crippen LogP contribution in [0, 0.1) is 24.6 Å². The van der Waals surface area contributed by atoms with Gasteiger partial charge in [-0.25, -0.2) is 19.3 Å². The van der Waals surface area contributed by atoms with Gasteiger partial charge >= 0.3 is 0 Å². The lowest BCUT2D eigenvalue weighted by Gasteiger charge is -2.17. The van der Waals surface area contributed by atoms with Crippen molar-refractivity contribution >= 4 is 23.1 Å². The normalized spacial score (nSPS) is 21.1. The van der Waals surface area contributed by atoms with Crippen molar-refractivity contribution in [2.45, 2.75) is 32.7 Å². The number of carbonyl (C=O) groups excluding carboxylic acids is 1. The number of nitrogens with zero attached hydrogens (tertiary/aromatic N) is 5. The zero-order valence-electron chi connectivity index (χ0n) is 17.7. The third-order valence-electron chi connectivity index (χ3n) is 6.09. The number of anilines is 2. The maximum Gasteiger partial charge on any atom is 0.275 e. The smallest absolute Gasteiger partial charge is 0.275 e. The van der Waals surface area contributed by atoms with Gasteiger partial charge in [-0.15, -0.1) is 0 Å². The minimum absolute atomic E-state index is 0.185. The third-order valence-corrected chi connectivity index (χ3v) is 6.09. The predicted molar refractivity (Wildman–Crippen MR) is 116 cm³/mol. The molecule has 2 N–H and O–H groups in total. The standard InChI is InChI=1S/C22H26FN7O/c1-13-9-29(11-15(13)6-24-16-3-4-16)20-8-25-19(7-26-20)22(31)28-17-5-18(23)21-27-14(2)10-30(21)12-17/h5,7-8,10,12-13,15-16,24H,3-4,6,9,11H2,1-2H3,(H,28,31)/t13-,15-/m1/s1. The van der Waals surface area contributed by atoms with E-state index in [0.717, 1.165) is 25.5 Å². The average molecular weight is 423 g/mol. The van der Waals surface area contributed by atoms with E-state index in [1.807, 2.05) is 0 Å². The Balaban J connectivity index is 1.24. The van der Waals surface area contributed by atoms with Gasteiger partial charge in [0.15, 0.2) is 11.5 Å². The Bertz CT molecular complexity index is 1110. The predicted octanol–water partition coefficient (Wildman–Crippen LogP) is 2.65. The van der Waals surface area contributed by atoms with Crippen LogP contribution in [0.1, 0.15) is 35.9 Å². The number of rotatable bonds is 6. The van der Waals surface area contributed by atoms with Crippen LogP contribution in [0.15, 0.2) is 30.9 Å². The van der Waals surface area contributed by atoms with Crippen LogP contribution in [-0.4, -0.2) is 50.9 Å². The molecule has 2 aliphatic rings. The quantitative estimate of drug-likeness (QED) is 0.634.